The van der Waals surface area contributed by atoms with Crippen LogP contribution in [0.5, 0.6) is 0 Å². The summed E-state index contributed by atoms with van der Waals surface area (Å²) in [5, 5.41) is 4.50. The second kappa shape index (κ2) is 7.57. The molecule has 0 radical (unpaired) electrons. The average Bonchev–Trinajstić information content (AvgIpc) is 2.95. The number of anilines is 2. The smallest absolute Gasteiger partial charge is 0.189 e. The minimum absolute atomic E-state index is 0.678. The van der Waals surface area contributed by atoms with Gasteiger partial charge in [0.05, 0.1) is 0 Å². The van der Waals surface area contributed by atoms with Gasteiger partial charge in [0.25, 0.3) is 0 Å². The summed E-state index contributed by atoms with van der Waals surface area (Å²) in [6, 6.07) is 8.70. The Bertz CT molecular complexity index is 545. The molecule has 0 fully saturated rings. The van der Waals surface area contributed by atoms with Crippen LogP contribution in [-0.2, 0) is 13.0 Å². The first kappa shape index (κ1) is 16.0. The van der Waals surface area contributed by atoms with Crippen LogP contribution in [0.15, 0.2) is 30.5 Å². The van der Waals surface area contributed by atoms with E-state index in [0.29, 0.717) is 5.92 Å². The van der Waals surface area contributed by atoms with E-state index in [0.717, 1.165) is 24.6 Å². The van der Waals surface area contributed by atoms with Crippen molar-refractivity contribution in [3.63, 3.8) is 0 Å². The molecule has 0 atom stereocenters. The van der Waals surface area contributed by atoms with E-state index in [-0.39, 0.29) is 0 Å². The quantitative estimate of drug-likeness (QED) is 0.830. The Morgan fingerprint density at radius 2 is 1.95 bits per heavy atom. The number of benzene rings is 1. The number of hydrogen-bond donors (Lipinski definition) is 1. The van der Waals surface area contributed by atoms with Gasteiger partial charge in [-0.1, -0.05) is 32.9 Å². The molecule has 4 heteroatoms. The number of nitrogens with zero attached hydrogens (tertiary/aromatic N) is 2. The molecule has 1 aromatic heterocycles. The molecule has 0 amide bonds. The van der Waals surface area contributed by atoms with Gasteiger partial charge in [0, 0.05) is 30.4 Å². The van der Waals surface area contributed by atoms with Gasteiger partial charge >= 0.3 is 0 Å². The van der Waals surface area contributed by atoms with Crippen LogP contribution in [-0.4, -0.2) is 18.6 Å². The van der Waals surface area contributed by atoms with E-state index < -0.39 is 0 Å². The van der Waals surface area contributed by atoms with Crippen LogP contribution < -0.4 is 10.2 Å². The van der Waals surface area contributed by atoms with Crippen molar-refractivity contribution in [2.45, 2.75) is 33.7 Å². The van der Waals surface area contributed by atoms with Gasteiger partial charge in [-0.3, -0.25) is 0 Å². The number of thiazole rings is 1. The molecule has 21 heavy (non-hydrogen) atoms. The molecule has 0 saturated heterocycles. The number of aromatic nitrogens is 1. The van der Waals surface area contributed by atoms with E-state index in [1.54, 1.807) is 11.3 Å². The highest BCUT2D eigenvalue weighted by atomic mass is 32.1. The van der Waals surface area contributed by atoms with Crippen molar-refractivity contribution < 1.29 is 0 Å². The van der Waals surface area contributed by atoms with Crippen molar-refractivity contribution in [2.24, 2.45) is 5.92 Å². The first-order valence-electron chi connectivity index (χ1n) is 7.58. The zero-order valence-corrected chi connectivity index (χ0v) is 14.2. The highest BCUT2D eigenvalue weighted by Crippen LogP contribution is 2.28. The number of rotatable bonds is 7. The van der Waals surface area contributed by atoms with Crippen LogP contribution in [0.4, 0.5) is 10.8 Å². The lowest BCUT2D eigenvalue weighted by atomic mass is 10.1. The Balaban J connectivity index is 1.98. The first-order valence-corrected chi connectivity index (χ1v) is 8.40. The Morgan fingerprint density at radius 3 is 2.57 bits per heavy atom. The highest BCUT2D eigenvalue weighted by molar-refractivity contribution is 7.15. The molecule has 2 aromatic rings. The van der Waals surface area contributed by atoms with E-state index in [2.05, 4.69) is 67.3 Å². The topological polar surface area (TPSA) is 28.2 Å². The third-order valence-electron chi connectivity index (χ3n) is 3.41. The second-order valence-corrected chi connectivity index (χ2v) is 6.81. The fraction of sp³-hybridized carbons (Fsp3) is 0.471. The minimum atomic E-state index is 0.678. The Morgan fingerprint density at radius 1 is 1.24 bits per heavy atom. The lowest BCUT2D eigenvalue weighted by molar-refractivity contribution is 0.554. The summed E-state index contributed by atoms with van der Waals surface area (Å²) in [5.41, 5.74) is 2.55. The molecule has 3 nitrogen and oxygen atoms in total. The maximum atomic E-state index is 4.54. The lowest BCUT2D eigenvalue weighted by Gasteiger charge is -2.16. The van der Waals surface area contributed by atoms with Gasteiger partial charge in [0.2, 0.25) is 0 Å². The Labute approximate surface area is 132 Å². The number of aryl methyl sites for hydroxylation is 1. The summed E-state index contributed by atoms with van der Waals surface area (Å²) in [5.74, 6) is 0.678. The fourth-order valence-corrected chi connectivity index (χ4v) is 2.95. The van der Waals surface area contributed by atoms with Gasteiger partial charge in [-0.15, -0.1) is 11.3 Å². The number of nitrogens with one attached hydrogen (secondary N) is 1. The first-order chi connectivity index (χ1) is 10.1. The van der Waals surface area contributed by atoms with Gasteiger partial charge in [-0.25, -0.2) is 4.98 Å². The third kappa shape index (κ3) is 4.55. The molecule has 0 unspecified atom stereocenters. The zero-order chi connectivity index (χ0) is 15.2. The maximum Gasteiger partial charge on any atom is 0.189 e. The molecule has 1 aromatic carbocycles. The average molecular weight is 303 g/mol. The van der Waals surface area contributed by atoms with Gasteiger partial charge in [-0.05, 0) is 36.6 Å². The minimum Gasteiger partial charge on any atom is -0.321 e. The van der Waals surface area contributed by atoms with E-state index in [9.17, 15) is 0 Å². The third-order valence-corrected chi connectivity index (χ3v) is 4.49. The van der Waals surface area contributed by atoms with Crippen LogP contribution in [0.3, 0.4) is 0 Å². The monoisotopic (exact) mass is 303 g/mol. The largest absolute Gasteiger partial charge is 0.321 e. The molecule has 0 aliphatic heterocycles. The van der Waals surface area contributed by atoms with Gasteiger partial charge < -0.3 is 10.2 Å². The molecular formula is C17H25N3S. The van der Waals surface area contributed by atoms with Crippen molar-refractivity contribution in [1.29, 1.82) is 0 Å². The summed E-state index contributed by atoms with van der Waals surface area (Å²) in [7, 11) is 2.07. The standard InChI is InChI=1S/C17H25N3S/c1-5-14-6-8-15(9-7-14)20(4)17-19-12-16(21-17)11-18-10-13(2)3/h6-9,12-13,18H,5,10-11H2,1-4H3. The summed E-state index contributed by atoms with van der Waals surface area (Å²) >= 11 is 1.75. The van der Waals surface area contributed by atoms with Crippen molar-refractivity contribution >= 4 is 22.2 Å². The van der Waals surface area contributed by atoms with Crippen molar-refractivity contribution in [1.82, 2.24) is 10.3 Å². The molecule has 0 saturated carbocycles. The normalized spacial score (nSPS) is 11.1. The van der Waals surface area contributed by atoms with Crippen LogP contribution in [0.25, 0.3) is 0 Å². The SMILES string of the molecule is CCc1ccc(N(C)c2ncc(CNCC(C)C)s2)cc1. The predicted molar refractivity (Wildman–Crippen MR) is 92.5 cm³/mol. The summed E-state index contributed by atoms with van der Waals surface area (Å²) < 4.78 is 0. The highest BCUT2D eigenvalue weighted by Gasteiger charge is 2.09. The summed E-state index contributed by atoms with van der Waals surface area (Å²) in [6.45, 7) is 8.56. The molecular weight excluding hydrogens is 278 g/mol. The van der Waals surface area contributed by atoms with Crippen LogP contribution in [0.2, 0.25) is 0 Å². The van der Waals surface area contributed by atoms with Gasteiger partial charge in [-0.2, -0.15) is 0 Å². The zero-order valence-electron chi connectivity index (χ0n) is 13.4. The summed E-state index contributed by atoms with van der Waals surface area (Å²) in [6.07, 6.45) is 3.05. The van der Waals surface area contributed by atoms with Crippen LogP contribution >= 0.6 is 11.3 Å². The van der Waals surface area contributed by atoms with Crippen LogP contribution in [0, 0.1) is 5.92 Å². The van der Waals surface area contributed by atoms with E-state index in [1.807, 2.05) is 6.20 Å². The second-order valence-electron chi connectivity index (χ2n) is 5.71. The molecule has 114 valence electrons. The molecule has 2 rings (SSSR count). The van der Waals surface area contributed by atoms with E-state index >= 15 is 0 Å². The van der Waals surface area contributed by atoms with Crippen molar-refractivity contribution in [3.05, 3.63) is 40.9 Å². The molecule has 0 aliphatic rings. The lowest BCUT2D eigenvalue weighted by Crippen LogP contribution is -2.18. The predicted octanol–water partition coefficient (Wildman–Crippen LogP) is 4.22. The molecule has 0 spiro atoms. The molecule has 0 aliphatic carbocycles. The summed E-state index contributed by atoms with van der Waals surface area (Å²) in [4.78, 5) is 7.97. The van der Waals surface area contributed by atoms with Crippen molar-refractivity contribution in [2.75, 3.05) is 18.5 Å². The Kier molecular flexibility index (Phi) is 5.76. The maximum absolute atomic E-state index is 4.54. The molecule has 1 heterocycles. The Hall–Kier alpha value is -1.39. The van der Waals surface area contributed by atoms with E-state index in [4.69, 9.17) is 0 Å². The van der Waals surface area contributed by atoms with Gasteiger partial charge in [0.1, 0.15) is 0 Å². The van der Waals surface area contributed by atoms with E-state index in [1.165, 1.54) is 16.1 Å². The molecule has 1 N–H and O–H groups in total. The number of hydrogen-bond acceptors (Lipinski definition) is 4. The van der Waals surface area contributed by atoms with Crippen LogP contribution in [0.1, 0.15) is 31.2 Å². The fourth-order valence-electron chi connectivity index (χ4n) is 2.08. The van der Waals surface area contributed by atoms with Gasteiger partial charge in [0.15, 0.2) is 5.13 Å². The van der Waals surface area contributed by atoms with Crippen molar-refractivity contribution in [3.8, 4) is 0 Å². The molecule has 0 bridgehead atoms.